The van der Waals surface area contributed by atoms with Crippen LogP contribution in [0.2, 0.25) is 0 Å². The molecule has 2 heterocycles. The van der Waals surface area contributed by atoms with E-state index in [2.05, 4.69) is 9.97 Å². The standard InChI is InChI=1S/C27H16N2O4/c30-25(31)27(26(32)33)16-10-4-1-7-13(16)19-22(27)20-14-8-2-5-11-17(14)28-24(20)21-15-9-3-6-12-18(15)29-23(19)21/h1-12,28-29H,(H,30,31)(H,32,33). The lowest BCUT2D eigenvalue weighted by Crippen LogP contribution is -2.43. The number of rotatable bonds is 2. The largest absolute Gasteiger partial charge is 0.480 e. The molecule has 4 N–H and O–H groups in total. The van der Waals surface area contributed by atoms with Gasteiger partial charge in [0.1, 0.15) is 0 Å². The highest BCUT2D eigenvalue weighted by Crippen LogP contribution is 2.56. The number of hydrogen-bond donors (Lipinski definition) is 4. The molecule has 158 valence electrons. The Balaban J connectivity index is 1.89. The van der Waals surface area contributed by atoms with Gasteiger partial charge in [0.15, 0.2) is 0 Å². The summed E-state index contributed by atoms with van der Waals surface area (Å²) >= 11 is 0. The number of aromatic nitrogens is 2. The van der Waals surface area contributed by atoms with Gasteiger partial charge in [-0.1, -0.05) is 60.7 Å². The predicted octanol–water partition coefficient (Wildman–Crippen LogP) is 5.39. The van der Waals surface area contributed by atoms with Crippen LogP contribution in [0.1, 0.15) is 11.1 Å². The van der Waals surface area contributed by atoms with Crippen LogP contribution < -0.4 is 0 Å². The van der Waals surface area contributed by atoms with Gasteiger partial charge in [0.05, 0.1) is 11.0 Å². The van der Waals surface area contributed by atoms with Crippen molar-refractivity contribution in [1.82, 2.24) is 9.97 Å². The van der Waals surface area contributed by atoms with E-state index >= 15 is 0 Å². The normalized spacial score (nSPS) is 14.2. The molecule has 4 aromatic carbocycles. The summed E-state index contributed by atoms with van der Waals surface area (Å²) < 4.78 is 0. The number of benzene rings is 4. The van der Waals surface area contributed by atoms with E-state index in [0.717, 1.165) is 38.2 Å². The first kappa shape index (κ1) is 18.0. The van der Waals surface area contributed by atoms with Crippen molar-refractivity contribution in [2.75, 3.05) is 0 Å². The lowest BCUT2D eigenvalue weighted by Gasteiger charge is -2.23. The van der Waals surface area contributed by atoms with Gasteiger partial charge in [-0.25, -0.2) is 0 Å². The maximum atomic E-state index is 12.9. The summed E-state index contributed by atoms with van der Waals surface area (Å²) in [5.74, 6) is -2.80. The number of H-pyrrole nitrogens is 2. The highest BCUT2D eigenvalue weighted by Gasteiger charge is 2.58. The fourth-order valence-electron chi connectivity index (χ4n) is 5.77. The second-order valence-corrected chi connectivity index (χ2v) is 8.50. The van der Waals surface area contributed by atoms with Gasteiger partial charge in [0, 0.05) is 43.7 Å². The molecule has 0 aliphatic heterocycles. The molecule has 6 heteroatoms. The van der Waals surface area contributed by atoms with Gasteiger partial charge in [0.2, 0.25) is 5.41 Å². The van der Waals surface area contributed by atoms with Crippen LogP contribution in [0.4, 0.5) is 0 Å². The lowest BCUT2D eigenvalue weighted by molar-refractivity contribution is -0.154. The molecule has 0 amide bonds. The van der Waals surface area contributed by atoms with Gasteiger partial charge >= 0.3 is 11.9 Å². The molecule has 0 fully saturated rings. The number of carboxylic acid groups (broad SMARTS) is 2. The zero-order chi connectivity index (χ0) is 22.5. The van der Waals surface area contributed by atoms with Crippen LogP contribution in [-0.2, 0) is 15.0 Å². The van der Waals surface area contributed by atoms with Crippen molar-refractivity contribution in [3.63, 3.8) is 0 Å². The number of hydrogen-bond acceptors (Lipinski definition) is 2. The summed E-state index contributed by atoms with van der Waals surface area (Å²) in [6.45, 7) is 0. The Bertz CT molecular complexity index is 1830. The zero-order valence-electron chi connectivity index (χ0n) is 17.1. The van der Waals surface area contributed by atoms with Gasteiger partial charge in [-0.2, -0.15) is 0 Å². The number of fused-ring (bicyclic) bond motifs is 12. The number of nitrogens with one attached hydrogen (secondary N) is 2. The van der Waals surface area contributed by atoms with Crippen molar-refractivity contribution in [3.8, 4) is 11.1 Å². The molecule has 0 saturated carbocycles. The minimum Gasteiger partial charge on any atom is -0.480 e. The number of aliphatic carboxylic acids is 2. The van der Waals surface area contributed by atoms with Gasteiger partial charge in [0.25, 0.3) is 0 Å². The quantitative estimate of drug-likeness (QED) is 0.275. The second-order valence-electron chi connectivity index (χ2n) is 8.50. The van der Waals surface area contributed by atoms with Gasteiger partial charge in [-0.3, -0.25) is 9.59 Å². The van der Waals surface area contributed by atoms with Crippen LogP contribution in [0.3, 0.4) is 0 Å². The van der Waals surface area contributed by atoms with Crippen LogP contribution >= 0.6 is 0 Å². The van der Waals surface area contributed by atoms with Crippen molar-refractivity contribution in [2.45, 2.75) is 5.41 Å². The molecule has 0 bridgehead atoms. The van der Waals surface area contributed by atoms with Crippen molar-refractivity contribution < 1.29 is 19.8 Å². The Morgan fingerprint density at radius 1 is 0.667 bits per heavy atom. The third kappa shape index (κ3) is 1.91. The average molecular weight is 432 g/mol. The lowest BCUT2D eigenvalue weighted by atomic mass is 9.76. The SMILES string of the molecule is O=C(O)C1(C(=O)O)c2ccccc2-c2c1c1c3ccccc3[nH]c1c1c2[nH]c2ccccc21. The van der Waals surface area contributed by atoms with Crippen LogP contribution in [0, 0.1) is 0 Å². The van der Waals surface area contributed by atoms with E-state index in [1.807, 2.05) is 60.7 Å². The summed E-state index contributed by atoms with van der Waals surface area (Å²) in [7, 11) is 0. The summed E-state index contributed by atoms with van der Waals surface area (Å²) in [5, 5.41) is 24.4. The van der Waals surface area contributed by atoms with Crippen LogP contribution in [0.15, 0.2) is 72.8 Å². The first-order valence-corrected chi connectivity index (χ1v) is 10.6. The van der Waals surface area contributed by atoms with Crippen molar-refractivity contribution in [3.05, 3.63) is 83.9 Å². The Kier molecular flexibility index (Phi) is 3.17. The van der Waals surface area contributed by atoms with Gasteiger partial charge < -0.3 is 20.2 Å². The van der Waals surface area contributed by atoms with E-state index in [0.29, 0.717) is 22.1 Å². The molecule has 7 rings (SSSR count). The molecule has 2 aromatic heterocycles. The predicted molar refractivity (Wildman–Crippen MR) is 127 cm³/mol. The number of aromatic amines is 2. The first-order valence-electron chi connectivity index (χ1n) is 10.6. The maximum Gasteiger partial charge on any atom is 0.330 e. The minimum atomic E-state index is -2.22. The number of carbonyl (C=O) groups is 2. The highest BCUT2D eigenvalue weighted by molar-refractivity contribution is 6.33. The molecule has 33 heavy (non-hydrogen) atoms. The molecule has 0 atom stereocenters. The molecule has 6 nitrogen and oxygen atoms in total. The Labute approximate surface area is 186 Å². The zero-order valence-corrected chi connectivity index (χ0v) is 17.1. The Morgan fingerprint density at radius 2 is 1.21 bits per heavy atom. The highest BCUT2D eigenvalue weighted by atomic mass is 16.4. The van der Waals surface area contributed by atoms with E-state index in [4.69, 9.17) is 0 Å². The molecule has 0 spiro atoms. The van der Waals surface area contributed by atoms with E-state index in [1.54, 1.807) is 12.1 Å². The van der Waals surface area contributed by atoms with Gasteiger partial charge in [-0.05, 0) is 23.3 Å². The molecule has 0 radical (unpaired) electrons. The van der Waals surface area contributed by atoms with Crippen molar-refractivity contribution in [2.24, 2.45) is 0 Å². The third-order valence-corrected chi connectivity index (χ3v) is 7.03. The number of carboxylic acids is 2. The van der Waals surface area contributed by atoms with Crippen LogP contribution in [-0.4, -0.2) is 32.1 Å². The average Bonchev–Trinajstić information content (AvgIpc) is 3.46. The summed E-state index contributed by atoms with van der Waals surface area (Å²) in [6, 6.07) is 22.5. The topological polar surface area (TPSA) is 106 Å². The monoisotopic (exact) mass is 432 g/mol. The smallest absolute Gasteiger partial charge is 0.330 e. The molecule has 0 saturated heterocycles. The molecular formula is C27H16N2O4. The van der Waals surface area contributed by atoms with E-state index < -0.39 is 17.4 Å². The molecule has 6 aromatic rings. The number of para-hydroxylation sites is 2. The summed E-state index contributed by atoms with van der Waals surface area (Å²) in [5.41, 5.74) is 2.83. The second kappa shape index (κ2) is 5.81. The molecule has 1 aliphatic rings. The Morgan fingerprint density at radius 3 is 1.88 bits per heavy atom. The van der Waals surface area contributed by atoms with E-state index in [9.17, 15) is 19.8 Å². The van der Waals surface area contributed by atoms with E-state index in [1.165, 1.54) is 0 Å². The first-order chi connectivity index (χ1) is 16.0. The molecular weight excluding hydrogens is 416 g/mol. The summed E-state index contributed by atoms with van der Waals surface area (Å²) in [6.07, 6.45) is 0. The minimum absolute atomic E-state index is 0.276. The summed E-state index contributed by atoms with van der Waals surface area (Å²) in [4.78, 5) is 32.7. The van der Waals surface area contributed by atoms with Crippen LogP contribution in [0.5, 0.6) is 0 Å². The maximum absolute atomic E-state index is 12.9. The van der Waals surface area contributed by atoms with Gasteiger partial charge in [-0.15, -0.1) is 0 Å². The van der Waals surface area contributed by atoms with E-state index in [-0.39, 0.29) is 5.56 Å². The fourth-order valence-corrected chi connectivity index (χ4v) is 5.77. The van der Waals surface area contributed by atoms with Crippen molar-refractivity contribution in [1.29, 1.82) is 0 Å². The van der Waals surface area contributed by atoms with Crippen LogP contribution in [0.25, 0.3) is 54.7 Å². The van der Waals surface area contributed by atoms with Crippen molar-refractivity contribution >= 4 is 55.6 Å². The Hall–Kier alpha value is -4.58. The molecule has 0 unspecified atom stereocenters. The fraction of sp³-hybridized carbons (Fsp3) is 0.0370. The third-order valence-electron chi connectivity index (χ3n) is 7.03. The molecule has 1 aliphatic carbocycles.